The smallest absolute Gasteiger partial charge is 0.125 e. The molecule has 0 amide bonds. The molecular formula is C15H21FN2. The molecule has 1 aromatic rings. The highest BCUT2D eigenvalue weighted by atomic mass is 19.1. The molecule has 2 unspecified atom stereocenters. The van der Waals surface area contributed by atoms with Gasteiger partial charge >= 0.3 is 0 Å². The zero-order chi connectivity index (χ0) is 12.5. The van der Waals surface area contributed by atoms with Crippen LogP contribution in [0.25, 0.3) is 0 Å². The van der Waals surface area contributed by atoms with Crippen molar-refractivity contribution in [2.75, 3.05) is 17.2 Å². The predicted octanol–water partition coefficient (Wildman–Crippen LogP) is 3.57. The molecule has 1 saturated carbocycles. The van der Waals surface area contributed by atoms with Gasteiger partial charge in [-0.2, -0.15) is 0 Å². The lowest BCUT2D eigenvalue weighted by atomic mass is 9.78. The molecule has 0 spiro atoms. The van der Waals surface area contributed by atoms with Gasteiger partial charge in [0.1, 0.15) is 5.82 Å². The van der Waals surface area contributed by atoms with Gasteiger partial charge in [0, 0.05) is 12.6 Å². The molecule has 3 heteroatoms. The number of halogens is 1. The third kappa shape index (κ3) is 2.06. The average molecular weight is 248 g/mol. The molecule has 2 nitrogen and oxygen atoms in total. The number of fused-ring (bicyclic) bond motifs is 1. The summed E-state index contributed by atoms with van der Waals surface area (Å²) < 4.78 is 13.1. The topological polar surface area (TPSA) is 29.3 Å². The molecule has 1 saturated heterocycles. The number of nitrogens with zero attached hydrogens (tertiary/aromatic N) is 1. The van der Waals surface area contributed by atoms with Crippen LogP contribution in [0.5, 0.6) is 0 Å². The van der Waals surface area contributed by atoms with Crippen LogP contribution in [0.4, 0.5) is 15.8 Å². The summed E-state index contributed by atoms with van der Waals surface area (Å²) in [4.78, 5) is 2.43. The maximum atomic E-state index is 13.1. The Morgan fingerprint density at radius 3 is 2.72 bits per heavy atom. The summed E-state index contributed by atoms with van der Waals surface area (Å²) in [6.45, 7) is 1.07. The number of nitrogens with two attached hydrogens (primary N) is 1. The van der Waals surface area contributed by atoms with Gasteiger partial charge in [-0.1, -0.05) is 12.8 Å². The molecule has 1 heterocycles. The van der Waals surface area contributed by atoms with Gasteiger partial charge in [-0.15, -0.1) is 0 Å². The Hall–Kier alpha value is -1.25. The average Bonchev–Trinajstić information content (AvgIpc) is 2.38. The summed E-state index contributed by atoms with van der Waals surface area (Å²) in [7, 11) is 0. The zero-order valence-electron chi connectivity index (χ0n) is 10.7. The van der Waals surface area contributed by atoms with Gasteiger partial charge in [-0.25, -0.2) is 4.39 Å². The predicted molar refractivity (Wildman–Crippen MR) is 73.1 cm³/mol. The van der Waals surface area contributed by atoms with Crippen molar-refractivity contribution < 1.29 is 4.39 Å². The second-order valence-corrected chi connectivity index (χ2v) is 5.65. The highest BCUT2D eigenvalue weighted by molar-refractivity contribution is 5.68. The fraction of sp³-hybridized carbons (Fsp3) is 0.600. The first-order valence-electron chi connectivity index (χ1n) is 7.07. The van der Waals surface area contributed by atoms with Gasteiger partial charge in [0.15, 0.2) is 0 Å². The van der Waals surface area contributed by atoms with E-state index in [4.69, 9.17) is 5.73 Å². The number of rotatable bonds is 1. The molecule has 98 valence electrons. The van der Waals surface area contributed by atoms with Crippen LogP contribution >= 0.6 is 0 Å². The Bertz CT molecular complexity index is 431. The fourth-order valence-corrected chi connectivity index (χ4v) is 3.71. The molecule has 1 aromatic carbocycles. The van der Waals surface area contributed by atoms with Gasteiger partial charge in [-0.3, -0.25) is 0 Å². The van der Waals surface area contributed by atoms with E-state index in [2.05, 4.69) is 4.90 Å². The van der Waals surface area contributed by atoms with Crippen LogP contribution in [0.15, 0.2) is 18.2 Å². The van der Waals surface area contributed by atoms with E-state index in [-0.39, 0.29) is 5.82 Å². The standard InChI is InChI=1S/C15H21FN2/c16-12-7-8-15(13(17)10-12)18-9-3-5-11-4-1-2-6-14(11)18/h7-8,10-11,14H,1-6,9,17H2. The van der Waals surface area contributed by atoms with Crippen molar-refractivity contribution in [3.8, 4) is 0 Å². The van der Waals surface area contributed by atoms with Gasteiger partial charge in [0.05, 0.1) is 11.4 Å². The quantitative estimate of drug-likeness (QED) is 0.770. The molecule has 1 aliphatic carbocycles. The summed E-state index contributed by atoms with van der Waals surface area (Å²) in [5, 5.41) is 0. The number of piperidine rings is 1. The largest absolute Gasteiger partial charge is 0.397 e. The van der Waals surface area contributed by atoms with E-state index in [1.54, 1.807) is 0 Å². The second kappa shape index (κ2) is 4.79. The van der Waals surface area contributed by atoms with E-state index in [1.807, 2.05) is 6.07 Å². The van der Waals surface area contributed by atoms with Crippen LogP contribution in [-0.2, 0) is 0 Å². The summed E-state index contributed by atoms with van der Waals surface area (Å²) in [6, 6.07) is 5.45. The number of nitrogen functional groups attached to an aromatic ring is 1. The molecular weight excluding hydrogens is 227 g/mol. The molecule has 0 aromatic heterocycles. The fourth-order valence-electron chi connectivity index (χ4n) is 3.71. The molecule has 2 atom stereocenters. The summed E-state index contributed by atoms with van der Waals surface area (Å²) in [6.07, 6.45) is 7.89. The SMILES string of the molecule is Nc1cc(F)ccc1N1CCCC2CCCCC21. The van der Waals surface area contributed by atoms with Crippen molar-refractivity contribution in [2.45, 2.75) is 44.6 Å². The molecule has 0 radical (unpaired) electrons. The minimum atomic E-state index is -0.242. The minimum Gasteiger partial charge on any atom is -0.397 e. The number of benzene rings is 1. The molecule has 1 aliphatic heterocycles. The van der Waals surface area contributed by atoms with E-state index in [9.17, 15) is 4.39 Å². The third-order valence-corrected chi connectivity index (χ3v) is 4.54. The van der Waals surface area contributed by atoms with E-state index in [1.165, 1.54) is 50.7 Å². The Morgan fingerprint density at radius 1 is 1.11 bits per heavy atom. The highest BCUT2D eigenvalue weighted by Crippen LogP contribution is 2.39. The summed E-state index contributed by atoms with van der Waals surface area (Å²) >= 11 is 0. The van der Waals surface area contributed by atoms with Gasteiger partial charge in [0.25, 0.3) is 0 Å². The Morgan fingerprint density at radius 2 is 1.89 bits per heavy atom. The molecule has 2 N–H and O–H groups in total. The third-order valence-electron chi connectivity index (χ3n) is 4.54. The van der Waals surface area contributed by atoms with E-state index in [0.717, 1.165) is 18.2 Å². The van der Waals surface area contributed by atoms with Gasteiger partial charge in [0.2, 0.25) is 0 Å². The normalized spacial score (nSPS) is 27.9. The van der Waals surface area contributed by atoms with Crippen LogP contribution in [0.3, 0.4) is 0 Å². The lowest BCUT2D eigenvalue weighted by Gasteiger charge is -2.45. The number of anilines is 2. The summed E-state index contributed by atoms with van der Waals surface area (Å²) in [5.41, 5.74) is 7.61. The second-order valence-electron chi connectivity index (χ2n) is 5.65. The zero-order valence-corrected chi connectivity index (χ0v) is 10.7. The molecule has 2 fully saturated rings. The van der Waals surface area contributed by atoms with E-state index in [0.29, 0.717) is 11.7 Å². The minimum absolute atomic E-state index is 0.242. The Labute approximate surface area is 108 Å². The number of hydrogen-bond acceptors (Lipinski definition) is 2. The Kier molecular flexibility index (Phi) is 3.14. The maximum Gasteiger partial charge on any atom is 0.125 e. The van der Waals surface area contributed by atoms with E-state index < -0.39 is 0 Å². The molecule has 3 rings (SSSR count). The van der Waals surface area contributed by atoms with Crippen LogP contribution in [0, 0.1) is 11.7 Å². The maximum absolute atomic E-state index is 13.1. The molecule has 2 aliphatic rings. The van der Waals surface area contributed by atoms with Crippen molar-refractivity contribution >= 4 is 11.4 Å². The molecule has 18 heavy (non-hydrogen) atoms. The van der Waals surface area contributed by atoms with Crippen molar-refractivity contribution in [3.63, 3.8) is 0 Å². The van der Waals surface area contributed by atoms with Crippen LogP contribution in [0.2, 0.25) is 0 Å². The van der Waals surface area contributed by atoms with E-state index >= 15 is 0 Å². The first-order chi connectivity index (χ1) is 8.75. The van der Waals surface area contributed by atoms with Gasteiger partial charge in [-0.05, 0) is 49.8 Å². The van der Waals surface area contributed by atoms with Crippen molar-refractivity contribution in [1.29, 1.82) is 0 Å². The van der Waals surface area contributed by atoms with Crippen molar-refractivity contribution in [2.24, 2.45) is 5.92 Å². The van der Waals surface area contributed by atoms with Crippen LogP contribution < -0.4 is 10.6 Å². The van der Waals surface area contributed by atoms with Crippen molar-refractivity contribution in [1.82, 2.24) is 0 Å². The van der Waals surface area contributed by atoms with Crippen LogP contribution in [0.1, 0.15) is 38.5 Å². The number of hydrogen-bond donors (Lipinski definition) is 1. The lowest BCUT2D eigenvalue weighted by molar-refractivity contribution is 0.244. The first kappa shape index (κ1) is 11.8. The first-order valence-corrected chi connectivity index (χ1v) is 7.07. The van der Waals surface area contributed by atoms with Crippen molar-refractivity contribution in [3.05, 3.63) is 24.0 Å². The Balaban J connectivity index is 1.89. The lowest BCUT2D eigenvalue weighted by Crippen LogP contribution is -2.47. The highest BCUT2D eigenvalue weighted by Gasteiger charge is 2.33. The summed E-state index contributed by atoms with van der Waals surface area (Å²) in [5.74, 6) is 0.574. The molecule has 0 bridgehead atoms. The van der Waals surface area contributed by atoms with Gasteiger partial charge < -0.3 is 10.6 Å². The van der Waals surface area contributed by atoms with Crippen LogP contribution in [-0.4, -0.2) is 12.6 Å². The monoisotopic (exact) mass is 248 g/mol.